The summed E-state index contributed by atoms with van der Waals surface area (Å²) in [6.07, 6.45) is 1.79. The van der Waals surface area contributed by atoms with Crippen molar-refractivity contribution in [3.05, 3.63) is 65.1 Å². The number of nitrogens with zero attached hydrogens (tertiary/aromatic N) is 2. The number of aromatic nitrogens is 2. The van der Waals surface area contributed by atoms with E-state index in [0.717, 1.165) is 28.3 Å². The number of anilines is 1. The molecule has 0 bridgehead atoms. The molecule has 3 rings (SSSR count). The highest BCUT2D eigenvalue weighted by molar-refractivity contribution is 5.96. The number of pyridine rings is 1. The van der Waals surface area contributed by atoms with E-state index in [4.69, 9.17) is 5.11 Å². The number of nitrogens with one attached hydrogen (secondary N) is 2. The van der Waals surface area contributed by atoms with Crippen molar-refractivity contribution < 1.29 is 9.90 Å². The molecule has 1 aromatic carbocycles. The molecule has 6 nitrogen and oxygen atoms in total. The second kappa shape index (κ2) is 7.40. The summed E-state index contributed by atoms with van der Waals surface area (Å²) in [7, 11) is 0. The standard InChI is InChI=1S/C21H26N4O2/c1-14-15(2)25-13-16(20(27)22-10-11-26)12-18(19(25)23-14)24-21(3,4)17-8-6-5-7-9-17/h5-9,12-13,24,26H,10-11H2,1-4H3,(H,22,27). The van der Waals surface area contributed by atoms with Crippen molar-refractivity contribution in [1.29, 1.82) is 0 Å². The fourth-order valence-corrected chi connectivity index (χ4v) is 3.12. The summed E-state index contributed by atoms with van der Waals surface area (Å²) in [5.74, 6) is -0.225. The first kappa shape index (κ1) is 18.9. The van der Waals surface area contributed by atoms with Crippen LogP contribution >= 0.6 is 0 Å². The summed E-state index contributed by atoms with van der Waals surface area (Å²) in [5, 5.41) is 15.2. The molecule has 0 atom stereocenters. The molecule has 3 aromatic rings. The number of rotatable bonds is 6. The van der Waals surface area contributed by atoms with Crippen LogP contribution < -0.4 is 10.6 Å². The number of imidazole rings is 1. The van der Waals surface area contributed by atoms with Crippen molar-refractivity contribution in [1.82, 2.24) is 14.7 Å². The van der Waals surface area contributed by atoms with Crippen molar-refractivity contribution in [2.24, 2.45) is 0 Å². The van der Waals surface area contributed by atoms with Crippen LogP contribution in [-0.4, -0.2) is 33.6 Å². The first-order chi connectivity index (χ1) is 12.8. The Bertz CT molecular complexity index is 961. The lowest BCUT2D eigenvalue weighted by atomic mass is 9.94. The minimum Gasteiger partial charge on any atom is -0.395 e. The van der Waals surface area contributed by atoms with Crippen LogP contribution in [-0.2, 0) is 5.54 Å². The summed E-state index contributed by atoms with van der Waals surface area (Å²) in [5.41, 5.74) is 4.78. The van der Waals surface area contributed by atoms with Gasteiger partial charge in [0.15, 0.2) is 5.65 Å². The van der Waals surface area contributed by atoms with Gasteiger partial charge in [-0.3, -0.25) is 4.79 Å². The van der Waals surface area contributed by atoms with Crippen molar-refractivity contribution in [2.45, 2.75) is 33.2 Å². The maximum Gasteiger partial charge on any atom is 0.252 e. The van der Waals surface area contributed by atoms with E-state index < -0.39 is 0 Å². The van der Waals surface area contributed by atoms with Gasteiger partial charge >= 0.3 is 0 Å². The molecule has 0 saturated heterocycles. The van der Waals surface area contributed by atoms with E-state index in [1.54, 1.807) is 6.20 Å². The lowest BCUT2D eigenvalue weighted by Gasteiger charge is -2.28. The van der Waals surface area contributed by atoms with Crippen LogP contribution in [0.5, 0.6) is 0 Å². The summed E-state index contributed by atoms with van der Waals surface area (Å²) in [6, 6.07) is 12.0. The molecule has 0 saturated carbocycles. The average Bonchev–Trinajstić information content (AvgIpc) is 2.95. The molecular weight excluding hydrogens is 340 g/mol. The molecule has 0 aliphatic carbocycles. The van der Waals surface area contributed by atoms with Gasteiger partial charge in [0.1, 0.15) is 0 Å². The minimum absolute atomic E-state index is 0.0939. The van der Waals surface area contributed by atoms with Crippen LogP contribution in [0.2, 0.25) is 0 Å². The van der Waals surface area contributed by atoms with Crippen molar-refractivity contribution in [3.63, 3.8) is 0 Å². The molecular formula is C21H26N4O2. The second-order valence-corrected chi connectivity index (χ2v) is 7.21. The number of hydrogen-bond acceptors (Lipinski definition) is 4. The predicted molar refractivity (Wildman–Crippen MR) is 107 cm³/mol. The third kappa shape index (κ3) is 3.80. The van der Waals surface area contributed by atoms with Crippen LogP contribution in [0.15, 0.2) is 42.6 Å². The molecule has 0 spiro atoms. The summed E-state index contributed by atoms with van der Waals surface area (Å²) < 4.78 is 1.94. The fraction of sp³-hybridized carbons (Fsp3) is 0.333. The Hall–Kier alpha value is -2.86. The lowest BCUT2D eigenvalue weighted by Crippen LogP contribution is -2.29. The molecule has 3 N–H and O–H groups in total. The van der Waals surface area contributed by atoms with E-state index in [-0.39, 0.29) is 24.6 Å². The van der Waals surface area contributed by atoms with Crippen molar-refractivity contribution in [3.8, 4) is 0 Å². The Morgan fingerprint density at radius 1 is 1.22 bits per heavy atom. The van der Waals surface area contributed by atoms with Crippen LogP contribution in [0.4, 0.5) is 5.69 Å². The molecule has 0 aliphatic heterocycles. The molecule has 1 amide bonds. The lowest BCUT2D eigenvalue weighted by molar-refractivity contribution is 0.0944. The Morgan fingerprint density at radius 3 is 2.59 bits per heavy atom. The van der Waals surface area contributed by atoms with Crippen LogP contribution in [0.3, 0.4) is 0 Å². The molecule has 0 aliphatic rings. The van der Waals surface area contributed by atoms with Gasteiger partial charge in [0.05, 0.1) is 29.1 Å². The number of benzene rings is 1. The van der Waals surface area contributed by atoms with Gasteiger partial charge in [-0.25, -0.2) is 4.98 Å². The number of carbonyl (C=O) groups is 1. The van der Waals surface area contributed by atoms with Gasteiger partial charge in [0.2, 0.25) is 0 Å². The van der Waals surface area contributed by atoms with Crippen LogP contribution in [0.1, 0.15) is 41.2 Å². The van der Waals surface area contributed by atoms with Crippen LogP contribution in [0.25, 0.3) is 5.65 Å². The van der Waals surface area contributed by atoms with Gasteiger partial charge in [-0.2, -0.15) is 0 Å². The van der Waals surface area contributed by atoms with Crippen molar-refractivity contribution in [2.75, 3.05) is 18.5 Å². The Kier molecular flexibility index (Phi) is 5.19. The highest BCUT2D eigenvalue weighted by atomic mass is 16.3. The zero-order chi connectivity index (χ0) is 19.6. The molecule has 27 heavy (non-hydrogen) atoms. The molecule has 142 valence electrons. The average molecular weight is 366 g/mol. The molecule has 2 aromatic heterocycles. The monoisotopic (exact) mass is 366 g/mol. The Morgan fingerprint density at radius 2 is 1.93 bits per heavy atom. The van der Waals surface area contributed by atoms with Gasteiger partial charge in [0, 0.05) is 18.4 Å². The first-order valence-electron chi connectivity index (χ1n) is 9.05. The third-order valence-corrected chi connectivity index (χ3v) is 4.80. The molecule has 6 heteroatoms. The van der Waals surface area contributed by atoms with Gasteiger partial charge in [-0.1, -0.05) is 30.3 Å². The molecule has 0 radical (unpaired) electrons. The number of amides is 1. The Balaban J connectivity index is 2.07. The molecule has 0 unspecified atom stereocenters. The van der Waals surface area contributed by atoms with Gasteiger partial charge in [0.25, 0.3) is 5.91 Å². The van der Waals surface area contributed by atoms with Crippen LogP contribution in [0, 0.1) is 13.8 Å². The number of fused-ring (bicyclic) bond motifs is 1. The van der Waals surface area contributed by atoms with E-state index in [0.29, 0.717) is 5.56 Å². The van der Waals surface area contributed by atoms with E-state index in [9.17, 15) is 4.79 Å². The summed E-state index contributed by atoms with van der Waals surface area (Å²) >= 11 is 0. The Labute approximate surface area is 159 Å². The van der Waals surface area contributed by atoms with Gasteiger partial charge < -0.3 is 20.1 Å². The second-order valence-electron chi connectivity index (χ2n) is 7.21. The maximum atomic E-state index is 12.5. The summed E-state index contributed by atoms with van der Waals surface area (Å²) in [4.78, 5) is 17.2. The number of aryl methyl sites for hydroxylation is 2. The summed E-state index contributed by atoms with van der Waals surface area (Å²) in [6.45, 7) is 8.26. The van der Waals surface area contributed by atoms with Gasteiger partial charge in [-0.15, -0.1) is 0 Å². The molecule has 0 fully saturated rings. The predicted octanol–water partition coefficient (Wildman–Crippen LogP) is 3.02. The zero-order valence-electron chi connectivity index (χ0n) is 16.2. The number of carbonyl (C=O) groups excluding carboxylic acids is 1. The SMILES string of the molecule is Cc1nc2c(NC(C)(C)c3ccccc3)cc(C(=O)NCCO)cn2c1C. The van der Waals surface area contributed by atoms with Crippen molar-refractivity contribution >= 4 is 17.2 Å². The van der Waals surface area contributed by atoms with E-state index in [1.165, 1.54) is 0 Å². The van der Waals surface area contributed by atoms with E-state index in [1.807, 2.05) is 42.5 Å². The molecule has 2 heterocycles. The van der Waals surface area contributed by atoms with E-state index >= 15 is 0 Å². The van der Waals surface area contributed by atoms with Gasteiger partial charge in [-0.05, 0) is 39.3 Å². The number of aliphatic hydroxyl groups is 1. The highest BCUT2D eigenvalue weighted by Gasteiger charge is 2.23. The quantitative estimate of drug-likeness (QED) is 0.627. The normalized spacial score (nSPS) is 11.6. The first-order valence-corrected chi connectivity index (χ1v) is 9.05. The largest absolute Gasteiger partial charge is 0.395 e. The highest BCUT2D eigenvalue weighted by Crippen LogP contribution is 2.29. The fourth-order valence-electron chi connectivity index (χ4n) is 3.12. The zero-order valence-corrected chi connectivity index (χ0v) is 16.2. The number of aliphatic hydroxyl groups excluding tert-OH is 1. The minimum atomic E-state index is -0.351. The maximum absolute atomic E-state index is 12.5. The third-order valence-electron chi connectivity index (χ3n) is 4.80. The smallest absolute Gasteiger partial charge is 0.252 e. The van der Waals surface area contributed by atoms with E-state index in [2.05, 4.69) is 41.6 Å². The topological polar surface area (TPSA) is 78.7 Å². The number of hydrogen-bond donors (Lipinski definition) is 3.